The molecule has 0 spiro atoms. The largest absolute Gasteiger partial charge is 0.394 e. The van der Waals surface area contributed by atoms with Crippen LogP contribution in [0.2, 0.25) is 0 Å². The van der Waals surface area contributed by atoms with Gasteiger partial charge in [-0.25, -0.2) is 0 Å². The first-order valence-corrected chi connectivity index (χ1v) is 4.12. The summed E-state index contributed by atoms with van der Waals surface area (Å²) in [5, 5.41) is 17.6. The number of aliphatic hydroxyl groups excluding tert-OH is 2. The predicted octanol–water partition coefficient (Wildman–Crippen LogP) is 0.545. The second kappa shape index (κ2) is 6.58. The molecule has 0 aromatic heterocycles. The van der Waals surface area contributed by atoms with Gasteiger partial charge in [-0.15, -0.1) is 0 Å². The molecular weight excluding hydrogens is 144 g/mol. The summed E-state index contributed by atoms with van der Waals surface area (Å²) in [5.41, 5.74) is 0. The Morgan fingerprint density at radius 2 is 2.09 bits per heavy atom. The molecule has 0 radical (unpaired) electrons. The van der Waals surface area contributed by atoms with Gasteiger partial charge in [0.05, 0.1) is 12.7 Å². The lowest BCUT2D eigenvalue weighted by Gasteiger charge is -2.16. The maximum Gasteiger partial charge on any atom is 0.103 e. The molecule has 0 rings (SSSR count). The molecule has 0 aromatic rings. The Kier molecular flexibility index (Phi) is 6.51. The quantitative estimate of drug-likeness (QED) is 0.561. The van der Waals surface area contributed by atoms with Crippen LogP contribution in [-0.4, -0.2) is 35.6 Å². The highest BCUT2D eigenvalue weighted by atomic mass is 16.5. The summed E-state index contributed by atoms with van der Waals surface area (Å²) in [6.07, 6.45) is 1.09. The van der Waals surface area contributed by atoms with Crippen molar-refractivity contribution in [1.82, 2.24) is 0 Å². The minimum absolute atomic E-state index is 0.229. The first-order chi connectivity index (χ1) is 5.22. The summed E-state index contributed by atoms with van der Waals surface area (Å²) in [6, 6.07) is 0. The highest BCUT2D eigenvalue weighted by Gasteiger charge is 2.12. The Labute approximate surface area is 68.0 Å². The van der Waals surface area contributed by atoms with Crippen molar-refractivity contribution in [2.45, 2.75) is 38.9 Å². The van der Waals surface area contributed by atoms with E-state index in [0.717, 1.165) is 12.8 Å². The molecule has 0 aromatic carbocycles. The van der Waals surface area contributed by atoms with E-state index in [1.165, 1.54) is 0 Å². The van der Waals surface area contributed by atoms with Crippen LogP contribution in [0.5, 0.6) is 0 Å². The minimum atomic E-state index is -0.744. The molecule has 68 valence electrons. The zero-order valence-corrected chi connectivity index (χ0v) is 7.29. The van der Waals surface area contributed by atoms with E-state index in [2.05, 4.69) is 6.92 Å². The lowest BCUT2D eigenvalue weighted by atomic mass is 10.2. The molecule has 0 fully saturated rings. The zero-order chi connectivity index (χ0) is 8.69. The first-order valence-electron chi connectivity index (χ1n) is 4.12. The van der Waals surface area contributed by atoms with Crippen molar-refractivity contribution in [2.24, 2.45) is 0 Å². The van der Waals surface area contributed by atoms with Gasteiger partial charge in [0, 0.05) is 6.61 Å². The van der Waals surface area contributed by atoms with Gasteiger partial charge in [-0.2, -0.15) is 0 Å². The van der Waals surface area contributed by atoms with E-state index in [9.17, 15) is 0 Å². The molecule has 0 aliphatic carbocycles. The van der Waals surface area contributed by atoms with Crippen LogP contribution in [0.3, 0.4) is 0 Å². The van der Waals surface area contributed by atoms with Gasteiger partial charge in [0.2, 0.25) is 0 Å². The van der Waals surface area contributed by atoms with E-state index in [1.54, 1.807) is 6.92 Å². The fourth-order valence-electron chi connectivity index (χ4n) is 0.673. The van der Waals surface area contributed by atoms with Crippen LogP contribution in [0.25, 0.3) is 0 Å². The van der Waals surface area contributed by atoms with E-state index < -0.39 is 6.10 Å². The summed E-state index contributed by atoms with van der Waals surface area (Å²) >= 11 is 0. The smallest absolute Gasteiger partial charge is 0.103 e. The average Bonchev–Trinajstić information content (AvgIpc) is 2.03. The summed E-state index contributed by atoms with van der Waals surface area (Å²) in [4.78, 5) is 0. The molecule has 2 N–H and O–H groups in total. The van der Waals surface area contributed by atoms with Crippen molar-refractivity contribution >= 4 is 0 Å². The fraction of sp³-hybridized carbons (Fsp3) is 1.00. The zero-order valence-electron chi connectivity index (χ0n) is 7.29. The van der Waals surface area contributed by atoms with Gasteiger partial charge in [-0.05, 0) is 13.3 Å². The van der Waals surface area contributed by atoms with Gasteiger partial charge in [0.1, 0.15) is 6.10 Å². The third-order valence-corrected chi connectivity index (χ3v) is 1.61. The number of hydrogen-bond donors (Lipinski definition) is 2. The molecule has 0 amide bonds. The fourth-order valence-corrected chi connectivity index (χ4v) is 0.673. The molecule has 3 heteroatoms. The molecule has 3 nitrogen and oxygen atoms in total. The Bertz CT molecular complexity index is 85.4. The van der Waals surface area contributed by atoms with Crippen molar-refractivity contribution in [2.75, 3.05) is 13.2 Å². The van der Waals surface area contributed by atoms with Crippen LogP contribution in [0.15, 0.2) is 0 Å². The molecule has 0 heterocycles. The van der Waals surface area contributed by atoms with Gasteiger partial charge in [0.15, 0.2) is 0 Å². The summed E-state index contributed by atoms with van der Waals surface area (Å²) in [6.45, 7) is 4.27. The van der Waals surface area contributed by atoms with Crippen molar-refractivity contribution in [3.05, 3.63) is 0 Å². The number of unbranched alkanes of at least 4 members (excludes halogenated alkanes) is 1. The Morgan fingerprint density at radius 1 is 1.45 bits per heavy atom. The van der Waals surface area contributed by atoms with Crippen LogP contribution in [0, 0.1) is 0 Å². The average molecular weight is 162 g/mol. The highest BCUT2D eigenvalue weighted by Crippen LogP contribution is 1.99. The molecule has 0 bridgehead atoms. The molecular formula is C8H18O3. The Balaban J connectivity index is 3.28. The van der Waals surface area contributed by atoms with Crippen LogP contribution in [-0.2, 0) is 4.74 Å². The standard InChI is InChI=1S/C8H18O3/c1-3-4-5-11-7(2)8(10)6-9/h7-10H,3-6H2,1-2H3/t7-,8+/m1/s1. The van der Waals surface area contributed by atoms with Crippen LogP contribution in [0.4, 0.5) is 0 Å². The van der Waals surface area contributed by atoms with Crippen LogP contribution in [0.1, 0.15) is 26.7 Å². The maximum atomic E-state index is 9.05. The van der Waals surface area contributed by atoms with Gasteiger partial charge >= 0.3 is 0 Å². The second-order valence-electron chi connectivity index (χ2n) is 2.68. The molecule has 0 saturated heterocycles. The van der Waals surface area contributed by atoms with Crippen molar-refractivity contribution < 1.29 is 14.9 Å². The first kappa shape index (κ1) is 10.9. The monoisotopic (exact) mass is 162 g/mol. The topological polar surface area (TPSA) is 49.7 Å². The van der Waals surface area contributed by atoms with E-state index in [0.29, 0.717) is 6.61 Å². The van der Waals surface area contributed by atoms with E-state index in [-0.39, 0.29) is 12.7 Å². The van der Waals surface area contributed by atoms with Gasteiger partial charge in [0.25, 0.3) is 0 Å². The lowest BCUT2D eigenvalue weighted by Crippen LogP contribution is -2.29. The summed E-state index contributed by atoms with van der Waals surface area (Å²) in [5.74, 6) is 0. The third kappa shape index (κ3) is 5.18. The number of rotatable bonds is 6. The normalized spacial score (nSPS) is 16.4. The molecule has 2 atom stereocenters. The van der Waals surface area contributed by atoms with Gasteiger partial charge < -0.3 is 14.9 Å². The van der Waals surface area contributed by atoms with Gasteiger partial charge in [-0.3, -0.25) is 0 Å². The van der Waals surface area contributed by atoms with Crippen LogP contribution < -0.4 is 0 Å². The lowest BCUT2D eigenvalue weighted by molar-refractivity contribution is -0.0487. The van der Waals surface area contributed by atoms with Gasteiger partial charge in [-0.1, -0.05) is 13.3 Å². The van der Waals surface area contributed by atoms with Crippen molar-refractivity contribution in [3.8, 4) is 0 Å². The van der Waals surface area contributed by atoms with Crippen molar-refractivity contribution in [1.29, 1.82) is 0 Å². The van der Waals surface area contributed by atoms with E-state index in [1.807, 2.05) is 0 Å². The molecule has 0 unspecified atom stereocenters. The second-order valence-corrected chi connectivity index (χ2v) is 2.68. The molecule has 0 aliphatic heterocycles. The van der Waals surface area contributed by atoms with E-state index >= 15 is 0 Å². The Morgan fingerprint density at radius 3 is 2.55 bits per heavy atom. The molecule has 0 aliphatic rings. The predicted molar refractivity (Wildman–Crippen MR) is 43.4 cm³/mol. The number of hydrogen-bond acceptors (Lipinski definition) is 3. The summed E-state index contributed by atoms with van der Waals surface area (Å²) < 4.78 is 5.23. The van der Waals surface area contributed by atoms with Crippen molar-refractivity contribution in [3.63, 3.8) is 0 Å². The van der Waals surface area contributed by atoms with E-state index in [4.69, 9.17) is 14.9 Å². The maximum absolute atomic E-state index is 9.05. The van der Waals surface area contributed by atoms with Crippen LogP contribution >= 0.6 is 0 Å². The minimum Gasteiger partial charge on any atom is -0.394 e. The third-order valence-electron chi connectivity index (χ3n) is 1.61. The SMILES string of the molecule is CCCCO[C@H](C)[C@@H](O)CO. The highest BCUT2D eigenvalue weighted by molar-refractivity contribution is 4.61. The summed E-state index contributed by atoms with van der Waals surface area (Å²) in [7, 11) is 0. The molecule has 11 heavy (non-hydrogen) atoms. The number of ether oxygens (including phenoxy) is 1. The molecule has 0 saturated carbocycles. The Hall–Kier alpha value is -0.120. The number of aliphatic hydroxyl groups is 2.